The zero-order chi connectivity index (χ0) is 21.5. The Balaban J connectivity index is 1.77. The summed E-state index contributed by atoms with van der Waals surface area (Å²) in [5, 5.41) is 10.0. The summed E-state index contributed by atoms with van der Waals surface area (Å²) in [5.41, 5.74) is -0.439. The Labute approximate surface area is 175 Å². The highest BCUT2D eigenvalue weighted by Gasteiger charge is 2.59. The van der Waals surface area contributed by atoms with E-state index >= 15 is 0 Å². The van der Waals surface area contributed by atoms with Gasteiger partial charge in [0.2, 0.25) is 0 Å². The monoisotopic (exact) mass is 412 g/mol. The van der Waals surface area contributed by atoms with E-state index in [-0.39, 0.29) is 17.4 Å². The minimum Gasteiger partial charge on any atom is -0.487 e. The summed E-state index contributed by atoms with van der Waals surface area (Å²) in [7, 11) is 0. The lowest BCUT2D eigenvalue weighted by molar-refractivity contribution is -0.297. The highest BCUT2D eigenvalue weighted by Crippen LogP contribution is 2.64. The summed E-state index contributed by atoms with van der Waals surface area (Å²) in [4.78, 5) is 16.5. The predicted molar refractivity (Wildman–Crippen MR) is 112 cm³/mol. The third kappa shape index (κ3) is 2.73. The van der Waals surface area contributed by atoms with Crippen molar-refractivity contribution in [3.8, 4) is 11.5 Å². The second-order valence-electron chi connectivity index (χ2n) is 10.2. The van der Waals surface area contributed by atoms with Gasteiger partial charge in [-0.25, -0.2) is 9.68 Å². The fourth-order valence-electron chi connectivity index (χ4n) is 5.67. The molecular formula is C24H28O6. The first-order chi connectivity index (χ1) is 14.0. The van der Waals surface area contributed by atoms with Gasteiger partial charge in [-0.3, -0.25) is 5.26 Å². The molecule has 3 heterocycles. The van der Waals surface area contributed by atoms with Crippen LogP contribution in [-0.2, 0) is 4.89 Å². The van der Waals surface area contributed by atoms with Crippen LogP contribution < -0.4 is 15.1 Å². The second-order valence-corrected chi connectivity index (χ2v) is 10.2. The van der Waals surface area contributed by atoms with E-state index in [1.807, 2.05) is 26.0 Å². The van der Waals surface area contributed by atoms with Gasteiger partial charge in [0.05, 0.1) is 5.39 Å². The van der Waals surface area contributed by atoms with Crippen LogP contribution in [0.3, 0.4) is 0 Å². The molecule has 6 heteroatoms. The van der Waals surface area contributed by atoms with Crippen molar-refractivity contribution in [3.63, 3.8) is 0 Å². The molecule has 4 atom stereocenters. The minimum atomic E-state index is -0.786. The van der Waals surface area contributed by atoms with Crippen molar-refractivity contribution in [2.45, 2.75) is 70.2 Å². The Kier molecular flexibility index (Phi) is 4.00. The molecule has 30 heavy (non-hydrogen) atoms. The van der Waals surface area contributed by atoms with Crippen LogP contribution in [0, 0.1) is 11.8 Å². The van der Waals surface area contributed by atoms with Crippen LogP contribution in [0.25, 0.3) is 11.0 Å². The Morgan fingerprint density at radius 2 is 2.00 bits per heavy atom. The molecule has 0 unspecified atom stereocenters. The van der Waals surface area contributed by atoms with E-state index in [1.165, 1.54) is 6.07 Å². The molecule has 0 radical (unpaired) electrons. The normalized spacial score (nSPS) is 31.5. The van der Waals surface area contributed by atoms with Crippen LogP contribution in [0.5, 0.6) is 11.5 Å². The topological polar surface area (TPSA) is 78.1 Å². The Morgan fingerprint density at radius 3 is 2.73 bits per heavy atom. The van der Waals surface area contributed by atoms with Gasteiger partial charge in [0.1, 0.15) is 33.9 Å². The lowest BCUT2D eigenvalue weighted by Gasteiger charge is -2.58. The second kappa shape index (κ2) is 6.11. The molecule has 6 nitrogen and oxygen atoms in total. The van der Waals surface area contributed by atoms with Gasteiger partial charge in [-0.1, -0.05) is 12.2 Å². The van der Waals surface area contributed by atoms with Gasteiger partial charge < -0.3 is 13.9 Å². The third-order valence-corrected chi connectivity index (χ3v) is 7.23. The minimum absolute atomic E-state index is 0.0910. The maximum Gasteiger partial charge on any atom is 0.336 e. The average molecular weight is 412 g/mol. The third-order valence-electron chi connectivity index (χ3n) is 7.23. The Morgan fingerprint density at radius 1 is 1.23 bits per heavy atom. The molecule has 1 fully saturated rings. The first-order valence-electron chi connectivity index (χ1n) is 10.6. The molecular weight excluding hydrogens is 384 g/mol. The summed E-state index contributed by atoms with van der Waals surface area (Å²) in [5.74, 6) is 2.07. The summed E-state index contributed by atoms with van der Waals surface area (Å²) < 4.78 is 18.6. The zero-order valence-electron chi connectivity index (χ0n) is 18.0. The van der Waals surface area contributed by atoms with Gasteiger partial charge in [0.15, 0.2) is 0 Å². The van der Waals surface area contributed by atoms with Crippen molar-refractivity contribution in [2.75, 3.05) is 0 Å². The Bertz CT molecular complexity index is 1110. The number of benzene rings is 1. The fourth-order valence-corrected chi connectivity index (χ4v) is 5.67. The van der Waals surface area contributed by atoms with Crippen molar-refractivity contribution in [1.29, 1.82) is 0 Å². The van der Waals surface area contributed by atoms with Gasteiger partial charge in [0.25, 0.3) is 0 Å². The van der Waals surface area contributed by atoms with Crippen molar-refractivity contribution in [2.24, 2.45) is 11.8 Å². The van der Waals surface area contributed by atoms with Gasteiger partial charge in [0, 0.05) is 35.4 Å². The maximum absolute atomic E-state index is 11.8. The first kappa shape index (κ1) is 19.6. The van der Waals surface area contributed by atoms with Crippen LogP contribution >= 0.6 is 0 Å². The van der Waals surface area contributed by atoms with E-state index < -0.39 is 16.8 Å². The smallest absolute Gasteiger partial charge is 0.336 e. The van der Waals surface area contributed by atoms with Crippen molar-refractivity contribution in [1.82, 2.24) is 0 Å². The molecule has 2 aromatic rings. The average Bonchev–Trinajstić information content (AvgIpc) is 2.65. The molecule has 0 saturated heterocycles. The molecule has 0 spiro atoms. The molecule has 2 bridgehead atoms. The molecule has 160 valence electrons. The van der Waals surface area contributed by atoms with Gasteiger partial charge in [-0.2, -0.15) is 0 Å². The van der Waals surface area contributed by atoms with Gasteiger partial charge >= 0.3 is 5.63 Å². The highest BCUT2D eigenvalue weighted by molar-refractivity contribution is 5.88. The van der Waals surface area contributed by atoms with Gasteiger partial charge in [-0.05, 0) is 53.5 Å². The summed E-state index contributed by atoms with van der Waals surface area (Å²) in [6.45, 7) is 10.0. The van der Waals surface area contributed by atoms with Crippen molar-refractivity contribution < 1.29 is 24.0 Å². The number of hydrogen-bond acceptors (Lipinski definition) is 6. The number of fused-ring (bicyclic) bond motifs is 3. The molecule has 1 N–H and O–H groups in total. The lowest BCUT2D eigenvalue weighted by atomic mass is 9.56. The highest BCUT2D eigenvalue weighted by atomic mass is 17.1. The molecule has 1 aromatic carbocycles. The molecule has 1 aromatic heterocycles. The van der Waals surface area contributed by atoms with Gasteiger partial charge in [-0.15, -0.1) is 0 Å². The van der Waals surface area contributed by atoms with Crippen LogP contribution in [-0.4, -0.2) is 22.1 Å². The quantitative estimate of drug-likeness (QED) is 0.329. The van der Waals surface area contributed by atoms with Crippen LogP contribution in [0.4, 0.5) is 0 Å². The molecule has 2 aliphatic heterocycles. The van der Waals surface area contributed by atoms with Crippen molar-refractivity contribution in [3.05, 3.63) is 46.3 Å². The van der Waals surface area contributed by atoms with Crippen LogP contribution in [0.15, 0.2) is 39.6 Å². The molecule has 5 rings (SSSR count). The van der Waals surface area contributed by atoms with Crippen molar-refractivity contribution >= 4 is 11.0 Å². The molecule has 1 aliphatic carbocycles. The maximum atomic E-state index is 11.8. The standard InChI is InChI=1S/C24H28O6/c1-22(2,30-26)10-8-15-19-14-9-11-24(15,5)29-21-13-6-7-18(25)27-16(13)12-17(20(19)21)28-23(14,3)4/h6-8,10,12,14-15,19,26H,9,11H2,1-5H3/t14-,15-,19-,24+/m1/s1. The summed E-state index contributed by atoms with van der Waals surface area (Å²) >= 11 is 0. The van der Waals surface area contributed by atoms with E-state index in [2.05, 4.69) is 31.7 Å². The molecule has 0 amide bonds. The van der Waals surface area contributed by atoms with E-state index in [9.17, 15) is 10.1 Å². The van der Waals surface area contributed by atoms with Crippen LogP contribution in [0.1, 0.15) is 58.9 Å². The lowest BCUT2D eigenvalue weighted by Crippen LogP contribution is -2.58. The SMILES string of the molecule is CC(C)(C=C[C@@H]1[C@@H]2c3c4cc5oc(=O)ccc5c3O[C@@]1(C)CC[C@H]2C(C)(C)O4)OO. The van der Waals surface area contributed by atoms with E-state index in [0.29, 0.717) is 11.5 Å². The Hall–Kier alpha value is -2.31. The zero-order valence-corrected chi connectivity index (χ0v) is 18.0. The molecule has 3 aliphatic rings. The van der Waals surface area contributed by atoms with Crippen LogP contribution in [0.2, 0.25) is 0 Å². The first-order valence-corrected chi connectivity index (χ1v) is 10.6. The largest absolute Gasteiger partial charge is 0.487 e. The number of rotatable bonds is 3. The fraction of sp³-hybridized carbons (Fsp3) is 0.542. The number of hydrogen-bond donors (Lipinski definition) is 1. The number of ether oxygens (including phenoxy) is 2. The predicted octanol–water partition coefficient (Wildman–Crippen LogP) is 5.05. The molecule has 1 saturated carbocycles. The summed E-state index contributed by atoms with van der Waals surface area (Å²) in [6.07, 6.45) is 5.92. The van der Waals surface area contributed by atoms with E-state index in [0.717, 1.165) is 35.3 Å². The van der Waals surface area contributed by atoms with E-state index in [1.54, 1.807) is 6.07 Å². The summed E-state index contributed by atoms with van der Waals surface area (Å²) in [6, 6.07) is 5.05. The van der Waals surface area contributed by atoms with E-state index in [4.69, 9.17) is 13.9 Å².